The van der Waals surface area contributed by atoms with E-state index in [9.17, 15) is 4.79 Å². The number of ether oxygens (including phenoxy) is 2. The Bertz CT molecular complexity index is 541. The standard InChI is InChI=1S/C21H31NO3/c1-2-15-24-19-10-8-18(9-11-19)21(23)25-16-12-17-6-5-14-22-13-4-3-7-20(17)22/h8-11,17,20H,2-7,12-16H2,1H3/t17-,20+/m1/s1. The lowest BCUT2D eigenvalue weighted by atomic mass is 9.82. The van der Waals surface area contributed by atoms with Crippen molar-refractivity contribution in [1.29, 1.82) is 0 Å². The first-order chi connectivity index (χ1) is 12.3. The van der Waals surface area contributed by atoms with Crippen LogP contribution in [0.15, 0.2) is 24.3 Å². The van der Waals surface area contributed by atoms with E-state index in [4.69, 9.17) is 9.47 Å². The Hall–Kier alpha value is -1.55. The van der Waals surface area contributed by atoms with E-state index in [1.54, 1.807) is 12.1 Å². The maximum absolute atomic E-state index is 12.2. The van der Waals surface area contributed by atoms with Gasteiger partial charge < -0.3 is 14.4 Å². The van der Waals surface area contributed by atoms with Crippen LogP contribution in [0.4, 0.5) is 0 Å². The van der Waals surface area contributed by atoms with Crippen molar-refractivity contribution in [3.8, 4) is 5.75 Å². The molecular formula is C21H31NO3. The third-order valence-corrected chi connectivity index (χ3v) is 5.51. The lowest BCUT2D eigenvalue weighted by molar-refractivity contribution is 0.0296. The summed E-state index contributed by atoms with van der Waals surface area (Å²) >= 11 is 0. The molecule has 2 heterocycles. The quantitative estimate of drug-likeness (QED) is 0.691. The van der Waals surface area contributed by atoms with E-state index in [-0.39, 0.29) is 5.97 Å². The molecule has 2 aliphatic rings. The molecule has 25 heavy (non-hydrogen) atoms. The zero-order valence-corrected chi connectivity index (χ0v) is 15.4. The Balaban J connectivity index is 1.44. The third kappa shape index (κ3) is 4.97. The minimum atomic E-state index is -0.224. The summed E-state index contributed by atoms with van der Waals surface area (Å²) in [6.07, 6.45) is 8.54. The Kier molecular flexibility index (Phi) is 6.74. The molecule has 4 nitrogen and oxygen atoms in total. The average Bonchev–Trinajstić information content (AvgIpc) is 2.67. The molecule has 0 aromatic heterocycles. The fourth-order valence-electron chi connectivity index (χ4n) is 4.21. The lowest BCUT2D eigenvalue weighted by Gasteiger charge is -2.44. The molecule has 4 heteroatoms. The normalized spacial score (nSPS) is 23.7. The molecule has 0 aliphatic carbocycles. The first-order valence-corrected chi connectivity index (χ1v) is 9.92. The number of carbonyl (C=O) groups excluding carboxylic acids is 1. The Morgan fingerprint density at radius 1 is 1.08 bits per heavy atom. The molecule has 0 bridgehead atoms. The largest absolute Gasteiger partial charge is 0.494 e. The van der Waals surface area contributed by atoms with Gasteiger partial charge in [-0.3, -0.25) is 0 Å². The van der Waals surface area contributed by atoms with Crippen molar-refractivity contribution in [2.24, 2.45) is 5.92 Å². The average molecular weight is 345 g/mol. The van der Waals surface area contributed by atoms with Gasteiger partial charge in [0.25, 0.3) is 0 Å². The Morgan fingerprint density at radius 2 is 1.88 bits per heavy atom. The van der Waals surface area contributed by atoms with E-state index in [1.165, 1.54) is 45.2 Å². The van der Waals surface area contributed by atoms with Gasteiger partial charge in [0.1, 0.15) is 5.75 Å². The van der Waals surface area contributed by atoms with Gasteiger partial charge in [-0.15, -0.1) is 0 Å². The van der Waals surface area contributed by atoms with Crippen LogP contribution in [0.1, 0.15) is 62.2 Å². The van der Waals surface area contributed by atoms with Crippen molar-refractivity contribution in [2.45, 2.75) is 57.9 Å². The highest BCUT2D eigenvalue weighted by atomic mass is 16.5. The van der Waals surface area contributed by atoms with E-state index in [2.05, 4.69) is 11.8 Å². The molecule has 2 fully saturated rings. The highest BCUT2D eigenvalue weighted by molar-refractivity contribution is 5.89. The van der Waals surface area contributed by atoms with Crippen LogP contribution in [0.2, 0.25) is 0 Å². The monoisotopic (exact) mass is 345 g/mol. The second-order valence-corrected chi connectivity index (χ2v) is 7.30. The minimum Gasteiger partial charge on any atom is -0.494 e. The molecule has 0 spiro atoms. The summed E-state index contributed by atoms with van der Waals surface area (Å²) in [5.41, 5.74) is 0.604. The summed E-state index contributed by atoms with van der Waals surface area (Å²) in [6.45, 7) is 5.82. The molecule has 3 rings (SSSR count). The van der Waals surface area contributed by atoms with Crippen LogP contribution in [-0.4, -0.2) is 43.2 Å². The number of hydrogen-bond acceptors (Lipinski definition) is 4. The van der Waals surface area contributed by atoms with Gasteiger partial charge in [-0.2, -0.15) is 0 Å². The lowest BCUT2D eigenvalue weighted by Crippen LogP contribution is -2.48. The van der Waals surface area contributed by atoms with Gasteiger partial charge in [-0.25, -0.2) is 4.79 Å². The van der Waals surface area contributed by atoms with Crippen LogP contribution < -0.4 is 4.74 Å². The van der Waals surface area contributed by atoms with E-state index >= 15 is 0 Å². The number of fused-ring (bicyclic) bond motifs is 1. The van der Waals surface area contributed by atoms with Crippen molar-refractivity contribution < 1.29 is 14.3 Å². The van der Waals surface area contributed by atoms with Crippen LogP contribution in [0.5, 0.6) is 5.75 Å². The minimum absolute atomic E-state index is 0.224. The van der Waals surface area contributed by atoms with Crippen molar-refractivity contribution in [3.05, 3.63) is 29.8 Å². The maximum atomic E-state index is 12.2. The van der Waals surface area contributed by atoms with E-state index in [0.717, 1.165) is 24.6 Å². The smallest absolute Gasteiger partial charge is 0.338 e. The van der Waals surface area contributed by atoms with Crippen LogP contribution in [0, 0.1) is 5.92 Å². The highest BCUT2D eigenvalue weighted by Gasteiger charge is 2.32. The SMILES string of the molecule is CCCOc1ccc(C(=O)OCC[C@H]2CCCN3CCCC[C@@H]23)cc1. The fourth-order valence-corrected chi connectivity index (χ4v) is 4.21. The number of benzene rings is 1. The molecule has 0 N–H and O–H groups in total. The number of nitrogens with zero attached hydrogens (tertiary/aromatic N) is 1. The van der Waals surface area contributed by atoms with Gasteiger partial charge in [-0.1, -0.05) is 13.3 Å². The van der Waals surface area contributed by atoms with Crippen LogP contribution >= 0.6 is 0 Å². The van der Waals surface area contributed by atoms with Crippen molar-refractivity contribution in [2.75, 3.05) is 26.3 Å². The Morgan fingerprint density at radius 3 is 2.68 bits per heavy atom. The van der Waals surface area contributed by atoms with Gasteiger partial charge in [0.05, 0.1) is 18.8 Å². The zero-order valence-electron chi connectivity index (χ0n) is 15.4. The number of hydrogen-bond donors (Lipinski definition) is 0. The van der Waals surface area contributed by atoms with E-state index in [1.807, 2.05) is 12.1 Å². The number of piperidine rings is 2. The van der Waals surface area contributed by atoms with Gasteiger partial charge in [0.15, 0.2) is 0 Å². The predicted octanol–water partition coefficient (Wildman–Crippen LogP) is 4.29. The molecule has 2 aliphatic heterocycles. The van der Waals surface area contributed by atoms with Gasteiger partial charge in [0.2, 0.25) is 0 Å². The summed E-state index contributed by atoms with van der Waals surface area (Å²) in [5.74, 6) is 1.27. The summed E-state index contributed by atoms with van der Waals surface area (Å²) in [4.78, 5) is 14.9. The van der Waals surface area contributed by atoms with Crippen molar-refractivity contribution >= 4 is 5.97 Å². The third-order valence-electron chi connectivity index (χ3n) is 5.51. The van der Waals surface area contributed by atoms with Gasteiger partial charge in [-0.05, 0) is 81.8 Å². The molecular weight excluding hydrogens is 314 g/mol. The first-order valence-electron chi connectivity index (χ1n) is 9.92. The van der Waals surface area contributed by atoms with Crippen LogP contribution in [-0.2, 0) is 4.74 Å². The Labute approximate surface area is 151 Å². The summed E-state index contributed by atoms with van der Waals surface area (Å²) in [7, 11) is 0. The first kappa shape index (κ1) is 18.2. The highest BCUT2D eigenvalue weighted by Crippen LogP contribution is 2.32. The number of rotatable bonds is 7. The van der Waals surface area contributed by atoms with Crippen molar-refractivity contribution in [3.63, 3.8) is 0 Å². The second-order valence-electron chi connectivity index (χ2n) is 7.30. The fraction of sp³-hybridized carbons (Fsp3) is 0.667. The topological polar surface area (TPSA) is 38.8 Å². The molecule has 0 unspecified atom stereocenters. The molecule has 1 aromatic rings. The number of carbonyl (C=O) groups is 1. The molecule has 0 amide bonds. The van der Waals surface area contributed by atoms with Crippen molar-refractivity contribution in [1.82, 2.24) is 4.90 Å². The predicted molar refractivity (Wildman–Crippen MR) is 99.1 cm³/mol. The number of esters is 1. The molecule has 0 saturated carbocycles. The molecule has 1 aromatic carbocycles. The van der Waals surface area contributed by atoms with Gasteiger partial charge >= 0.3 is 5.97 Å². The zero-order chi connectivity index (χ0) is 17.5. The second kappa shape index (κ2) is 9.23. The molecule has 2 atom stereocenters. The van der Waals surface area contributed by atoms with Crippen LogP contribution in [0.25, 0.3) is 0 Å². The summed E-state index contributed by atoms with van der Waals surface area (Å²) < 4.78 is 11.1. The summed E-state index contributed by atoms with van der Waals surface area (Å²) in [6, 6.07) is 7.98. The van der Waals surface area contributed by atoms with Crippen LogP contribution in [0.3, 0.4) is 0 Å². The van der Waals surface area contributed by atoms with Gasteiger partial charge in [0, 0.05) is 6.04 Å². The maximum Gasteiger partial charge on any atom is 0.338 e. The van der Waals surface area contributed by atoms with E-state index in [0.29, 0.717) is 24.7 Å². The molecule has 2 saturated heterocycles. The molecule has 0 radical (unpaired) electrons. The summed E-state index contributed by atoms with van der Waals surface area (Å²) in [5, 5.41) is 0. The molecule has 138 valence electrons. The van der Waals surface area contributed by atoms with E-state index < -0.39 is 0 Å².